The molecule has 0 aliphatic heterocycles. The number of nitrogens with two attached hydrogens (primary N) is 2. The van der Waals surface area contributed by atoms with E-state index in [1.807, 2.05) is 0 Å². The highest BCUT2D eigenvalue weighted by atomic mass is 14.6. The zero-order valence-electron chi connectivity index (χ0n) is 5.80. The summed E-state index contributed by atoms with van der Waals surface area (Å²) in [7, 11) is 0. The molecule has 0 spiro atoms. The van der Waals surface area contributed by atoms with Crippen LogP contribution in [0.1, 0.15) is 13.3 Å². The van der Waals surface area contributed by atoms with Crippen molar-refractivity contribution in [3.8, 4) is 0 Å². The maximum atomic E-state index is 5.60. The molecule has 2 nitrogen and oxygen atoms in total. The van der Waals surface area contributed by atoms with E-state index in [4.69, 9.17) is 11.5 Å². The average Bonchev–Trinajstić information content (AvgIpc) is 2.10. The molecule has 1 rings (SSSR count). The third-order valence-corrected chi connectivity index (χ3v) is 2.02. The van der Waals surface area contributed by atoms with Gasteiger partial charge in [0.05, 0.1) is 0 Å². The first-order valence-corrected chi connectivity index (χ1v) is 3.40. The van der Waals surface area contributed by atoms with Crippen molar-refractivity contribution in [2.24, 2.45) is 23.3 Å². The Balaban J connectivity index is 2.49. The minimum absolute atomic E-state index is 0.593. The Labute approximate surface area is 55.9 Å². The largest absolute Gasteiger partial charge is 0.402 e. The minimum atomic E-state index is 0.593. The number of hydrogen-bond acceptors (Lipinski definition) is 2. The molecule has 2 atom stereocenters. The van der Waals surface area contributed by atoms with Crippen molar-refractivity contribution in [1.82, 2.24) is 0 Å². The van der Waals surface area contributed by atoms with Crippen molar-refractivity contribution in [1.29, 1.82) is 0 Å². The maximum Gasteiger partial charge on any atom is 0.00462 e. The Kier molecular flexibility index (Phi) is 1.76. The molecule has 0 saturated carbocycles. The van der Waals surface area contributed by atoms with E-state index in [1.54, 1.807) is 0 Å². The molecule has 1 aliphatic rings. The fourth-order valence-corrected chi connectivity index (χ4v) is 1.33. The maximum absolute atomic E-state index is 5.60. The van der Waals surface area contributed by atoms with Crippen LogP contribution in [0.15, 0.2) is 11.8 Å². The van der Waals surface area contributed by atoms with Crippen LogP contribution >= 0.6 is 0 Å². The molecular weight excluding hydrogens is 112 g/mol. The van der Waals surface area contributed by atoms with E-state index in [0.29, 0.717) is 11.8 Å². The normalized spacial score (nSPS) is 34.7. The van der Waals surface area contributed by atoms with Gasteiger partial charge in [-0.2, -0.15) is 0 Å². The van der Waals surface area contributed by atoms with Crippen molar-refractivity contribution in [2.75, 3.05) is 6.54 Å². The van der Waals surface area contributed by atoms with Crippen LogP contribution < -0.4 is 11.5 Å². The second-order valence-corrected chi connectivity index (χ2v) is 2.80. The van der Waals surface area contributed by atoms with Crippen LogP contribution in [0, 0.1) is 11.8 Å². The van der Waals surface area contributed by atoms with Crippen molar-refractivity contribution in [3.63, 3.8) is 0 Å². The lowest BCUT2D eigenvalue weighted by Gasteiger charge is -2.10. The van der Waals surface area contributed by atoms with Gasteiger partial charge in [-0.15, -0.1) is 0 Å². The smallest absolute Gasteiger partial charge is 0.00462 e. The molecule has 0 radical (unpaired) electrons. The highest BCUT2D eigenvalue weighted by molar-refractivity contribution is 5.09. The summed E-state index contributed by atoms with van der Waals surface area (Å²) in [5.74, 6) is 1.19. The predicted octanol–water partition coefficient (Wildman–Crippen LogP) is 0.444. The van der Waals surface area contributed by atoms with Gasteiger partial charge >= 0.3 is 0 Å². The first kappa shape index (κ1) is 6.62. The quantitative estimate of drug-likeness (QED) is 0.535. The first-order valence-electron chi connectivity index (χ1n) is 3.40. The topological polar surface area (TPSA) is 52.0 Å². The van der Waals surface area contributed by atoms with E-state index in [9.17, 15) is 0 Å². The molecule has 4 N–H and O–H groups in total. The summed E-state index contributed by atoms with van der Waals surface area (Å²) in [5.41, 5.74) is 12.1. The standard InChI is InChI=1S/C7H14N2/c1-5-2-7(9)3-6(5)4-8/h2,5-6H,3-4,8-9H2,1H3. The molecule has 0 aromatic heterocycles. The van der Waals surface area contributed by atoms with E-state index >= 15 is 0 Å². The van der Waals surface area contributed by atoms with Gasteiger partial charge in [-0.3, -0.25) is 0 Å². The SMILES string of the molecule is CC1C=C(N)CC1CN. The summed E-state index contributed by atoms with van der Waals surface area (Å²) in [6.45, 7) is 2.93. The highest BCUT2D eigenvalue weighted by Gasteiger charge is 2.20. The van der Waals surface area contributed by atoms with Gasteiger partial charge < -0.3 is 11.5 Å². The molecule has 0 heterocycles. The fraction of sp³-hybridized carbons (Fsp3) is 0.714. The molecule has 0 amide bonds. The van der Waals surface area contributed by atoms with Crippen LogP contribution in [0.5, 0.6) is 0 Å². The second kappa shape index (κ2) is 2.40. The number of allylic oxidation sites excluding steroid dienone is 2. The van der Waals surface area contributed by atoms with Gasteiger partial charge in [0.15, 0.2) is 0 Å². The monoisotopic (exact) mass is 126 g/mol. The molecule has 0 saturated heterocycles. The molecule has 9 heavy (non-hydrogen) atoms. The Morgan fingerprint density at radius 3 is 2.67 bits per heavy atom. The van der Waals surface area contributed by atoms with E-state index in [0.717, 1.165) is 18.7 Å². The summed E-state index contributed by atoms with van der Waals surface area (Å²) < 4.78 is 0. The lowest BCUT2D eigenvalue weighted by atomic mass is 9.98. The molecule has 2 unspecified atom stereocenters. The Bertz CT molecular complexity index is 129. The third-order valence-electron chi connectivity index (χ3n) is 2.02. The second-order valence-electron chi connectivity index (χ2n) is 2.80. The predicted molar refractivity (Wildman–Crippen MR) is 38.6 cm³/mol. The zero-order valence-corrected chi connectivity index (χ0v) is 5.80. The van der Waals surface area contributed by atoms with Gasteiger partial charge in [0.1, 0.15) is 0 Å². The molecule has 0 fully saturated rings. The Morgan fingerprint density at radius 2 is 2.44 bits per heavy atom. The summed E-state index contributed by atoms with van der Waals surface area (Å²) >= 11 is 0. The van der Waals surface area contributed by atoms with Crippen molar-refractivity contribution in [3.05, 3.63) is 11.8 Å². The van der Waals surface area contributed by atoms with Gasteiger partial charge in [-0.05, 0) is 24.8 Å². The summed E-state index contributed by atoms with van der Waals surface area (Å²) in [6.07, 6.45) is 3.11. The minimum Gasteiger partial charge on any atom is -0.402 e. The molecule has 0 aromatic rings. The molecule has 52 valence electrons. The van der Waals surface area contributed by atoms with Crippen LogP contribution in [0.25, 0.3) is 0 Å². The van der Waals surface area contributed by atoms with Gasteiger partial charge in [0.2, 0.25) is 0 Å². The van der Waals surface area contributed by atoms with Gasteiger partial charge in [-0.25, -0.2) is 0 Å². The number of rotatable bonds is 1. The van der Waals surface area contributed by atoms with Crippen LogP contribution in [-0.4, -0.2) is 6.54 Å². The molecule has 0 bridgehead atoms. The van der Waals surface area contributed by atoms with E-state index in [2.05, 4.69) is 13.0 Å². The summed E-state index contributed by atoms with van der Waals surface area (Å²) in [6, 6.07) is 0. The molecule has 0 aromatic carbocycles. The van der Waals surface area contributed by atoms with E-state index < -0.39 is 0 Å². The van der Waals surface area contributed by atoms with Crippen LogP contribution in [0.4, 0.5) is 0 Å². The lowest BCUT2D eigenvalue weighted by Crippen LogP contribution is -2.17. The summed E-state index contributed by atoms with van der Waals surface area (Å²) in [5, 5.41) is 0. The van der Waals surface area contributed by atoms with Crippen LogP contribution in [-0.2, 0) is 0 Å². The van der Waals surface area contributed by atoms with E-state index in [-0.39, 0.29) is 0 Å². The van der Waals surface area contributed by atoms with Gasteiger partial charge in [0, 0.05) is 5.70 Å². The summed E-state index contributed by atoms with van der Waals surface area (Å²) in [4.78, 5) is 0. The molecular formula is C7H14N2. The van der Waals surface area contributed by atoms with Crippen LogP contribution in [0.2, 0.25) is 0 Å². The van der Waals surface area contributed by atoms with Crippen molar-refractivity contribution < 1.29 is 0 Å². The van der Waals surface area contributed by atoms with Crippen LogP contribution in [0.3, 0.4) is 0 Å². The molecule has 2 heteroatoms. The Morgan fingerprint density at radius 1 is 1.78 bits per heavy atom. The van der Waals surface area contributed by atoms with E-state index in [1.165, 1.54) is 0 Å². The third kappa shape index (κ3) is 1.24. The average molecular weight is 126 g/mol. The van der Waals surface area contributed by atoms with Crippen molar-refractivity contribution >= 4 is 0 Å². The van der Waals surface area contributed by atoms with Gasteiger partial charge in [0.25, 0.3) is 0 Å². The Hall–Kier alpha value is -0.500. The number of hydrogen-bond donors (Lipinski definition) is 2. The first-order chi connectivity index (χ1) is 4.24. The lowest BCUT2D eigenvalue weighted by molar-refractivity contribution is 0.460. The molecule has 1 aliphatic carbocycles. The highest BCUT2D eigenvalue weighted by Crippen LogP contribution is 2.26. The zero-order chi connectivity index (χ0) is 6.85. The van der Waals surface area contributed by atoms with Crippen molar-refractivity contribution in [2.45, 2.75) is 13.3 Å². The fourth-order valence-electron chi connectivity index (χ4n) is 1.33. The van der Waals surface area contributed by atoms with Gasteiger partial charge in [-0.1, -0.05) is 13.0 Å².